The van der Waals surface area contributed by atoms with Crippen LogP contribution in [0.1, 0.15) is 86.6 Å². The largest absolute Gasteiger partial charge is 0.393 e. The zero-order chi connectivity index (χ0) is 23.4. The van der Waals surface area contributed by atoms with Crippen molar-refractivity contribution in [1.82, 2.24) is 9.80 Å². The van der Waals surface area contributed by atoms with E-state index < -0.39 is 12.7 Å². The van der Waals surface area contributed by atoms with Gasteiger partial charge in [-0.15, -0.1) is 0 Å². The van der Waals surface area contributed by atoms with Crippen LogP contribution >= 0.6 is 0 Å². The average Bonchev–Trinajstić information content (AvgIpc) is 3.07. The molecule has 1 aliphatic carbocycles. The van der Waals surface area contributed by atoms with Crippen LogP contribution < -0.4 is 0 Å². The fraction of sp³-hybridized carbons (Fsp3) is 0.704. The number of amides is 1. The normalized spacial score (nSPS) is 26.8. The van der Waals surface area contributed by atoms with E-state index in [1.54, 1.807) is 6.92 Å². The Bertz CT molecular complexity index is 808. The van der Waals surface area contributed by atoms with Crippen molar-refractivity contribution in [2.24, 2.45) is 5.92 Å². The summed E-state index contributed by atoms with van der Waals surface area (Å²) in [5, 5.41) is 19.4. The predicted molar refractivity (Wildman–Crippen MR) is 128 cm³/mol. The van der Waals surface area contributed by atoms with Gasteiger partial charge in [0.2, 0.25) is 0 Å². The molecule has 0 radical (unpaired) electrons. The molecule has 2 bridgehead atoms. The lowest BCUT2D eigenvalue weighted by Gasteiger charge is -2.41. The second kappa shape index (κ2) is 11.1. The molecule has 3 fully saturated rings. The van der Waals surface area contributed by atoms with Gasteiger partial charge in [0.1, 0.15) is 0 Å². The number of aliphatic hydroxyl groups is 2. The van der Waals surface area contributed by atoms with E-state index in [9.17, 15) is 19.8 Å². The van der Waals surface area contributed by atoms with Crippen molar-refractivity contribution in [2.75, 3.05) is 26.2 Å². The third-order valence-corrected chi connectivity index (χ3v) is 8.25. The maximum Gasteiger partial charge on any atom is 0.253 e. The van der Waals surface area contributed by atoms with E-state index in [1.165, 1.54) is 37.7 Å². The second-order valence-electron chi connectivity index (χ2n) is 10.5. The highest BCUT2D eigenvalue weighted by Gasteiger charge is 2.41. The molecule has 182 valence electrons. The van der Waals surface area contributed by atoms with Gasteiger partial charge in [0.25, 0.3) is 5.91 Å². The zero-order valence-corrected chi connectivity index (χ0v) is 20.0. The van der Waals surface area contributed by atoms with E-state index in [0.717, 1.165) is 37.8 Å². The summed E-state index contributed by atoms with van der Waals surface area (Å²) in [7, 11) is 0. The van der Waals surface area contributed by atoms with Gasteiger partial charge in [-0.1, -0.05) is 37.5 Å². The SMILES string of the molecule is CC(=O)c1cccc(C2CC3CCC(C2)N3CCN(CC2CCCCC2)C(=O)[C@@H](O)CO)c1. The maximum atomic E-state index is 12.8. The minimum absolute atomic E-state index is 0.116. The predicted octanol–water partition coefficient (Wildman–Crippen LogP) is 3.36. The molecule has 1 saturated carbocycles. The number of carbonyl (C=O) groups excluding carboxylic acids is 2. The summed E-state index contributed by atoms with van der Waals surface area (Å²) in [6.45, 7) is 3.24. The standard InChI is InChI=1S/C27H40N2O4/c1-19(31)21-8-5-9-22(14-21)23-15-24-10-11-25(16-23)29(24)13-12-28(27(33)26(32)18-30)17-20-6-3-2-4-7-20/h5,8-9,14,20,23-26,30,32H,2-4,6-7,10-13,15-18H2,1H3/t23?,24?,25?,26-/m0/s1. The van der Waals surface area contributed by atoms with Crippen LogP contribution in [0.4, 0.5) is 0 Å². The molecule has 2 N–H and O–H groups in total. The molecule has 1 amide bonds. The molecule has 1 aromatic carbocycles. The first-order valence-corrected chi connectivity index (χ1v) is 12.9. The van der Waals surface area contributed by atoms with Crippen molar-refractivity contribution in [3.63, 3.8) is 0 Å². The molecule has 2 aliphatic heterocycles. The number of benzene rings is 1. The van der Waals surface area contributed by atoms with Crippen LogP contribution in [0.25, 0.3) is 0 Å². The molecule has 6 nitrogen and oxygen atoms in total. The van der Waals surface area contributed by atoms with Gasteiger partial charge >= 0.3 is 0 Å². The summed E-state index contributed by atoms with van der Waals surface area (Å²) in [6, 6.07) is 9.14. The first kappa shape index (κ1) is 24.4. The van der Waals surface area contributed by atoms with Gasteiger partial charge < -0.3 is 15.1 Å². The molecule has 3 atom stereocenters. The molecule has 2 heterocycles. The van der Waals surface area contributed by atoms with E-state index in [2.05, 4.69) is 17.0 Å². The number of rotatable bonds is 9. The Balaban J connectivity index is 1.38. The molecule has 33 heavy (non-hydrogen) atoms. The lowest BCUT2D eigenvalue weighted by molar-refractivity contribution is -0.143. The number of hydrogen-bond donors (Lipinski definition) is 2. The van der Waals surface area contributed by atoms with Crippen molar-refractivity contribution < 1.29 is 19.8 Å². The number of fused-ring (bicyclic) bond motifs is 2. The zero-order valence-electron chi connectivity index (χ0n) is 20.0. The Kier molecular flexibility index (Phi) is 8.20. The quantitative estimate of drug-likeness (QED) is 0.557. The Morgan fingerprint density at radius 2 is 1.79 bits per heavy atom. The van der Waals surface area contributed by atoms with Crippen molar-refractivity contribution in [3.8, 4) is 0 Å². The van der Waals surface area contributed by atoms with Gasteiger partial charge in [-0.25, -0.2) is 0 Å². The Morgan fingerprint density at radius 3 is 2.42 bits per heavy atom. The molecule has 2 saturated heterocycles. The van der Waals surface area contributed by atoms with E-state index in [0.29, 0.717) is 37.0 Å². The highest BCUT2D eigenvalue weighted by atomic mass is 16.3. The van der Waals surface area contributed by atoms with Gasteiger partial charge in [0, 0.05) is 37.3 Å². The van der Waals surface area contributed by atoms with Gasteiger partial charge in [0.05, 0.1) is 6.61 Å². The third kappa shape index (κ3) is 5.84. The molecular formula is C27H40N2O4. The molecule has 1 aromatic rings. The molecule has 6 heteroatoms. The highest BCUT2D eigenvalue weighted by Crippen LogP contribution is 2.43. The number of aliphatic hydroxyl groups excluding tert-OH is 2. The van der Waals surface area contributed by atoms with E-state index in [4.69, 9.17) is 0 Å². The van der Waals surface area contributed by atoms with E-state index in [1.807, 2.05) is 17.0 Å². The minimum Gasteiger partial charge on any atom is -0.393 e. The Labute approximate surface area is 198 Å². The van der Waals surface area contributed by atoms with Crippen LogP contribution in [0.15, 0.2) is 24.3 Å². The first-order valence-electron chi connectivity index (χ1n) is 12.9. The maximum absolute atomic E-state index is 12.8. The molecule has 2 unspecified atom stereocenters. The van der Waals surface area contributed by atoms with Crippen LogP contribution in [0, 0.1) is 5.92 Å². The minimum atomic E-state index is -1.32. The highest BCUT2D eigenvalue weighted by molar-refractivity contribution is 5.94. The summed E-state index contributed by atoms with van der Waals surface area (Å²) < 4.78 is 0. The average molecular weight is 457 g/mol. The number of piperidine rings is 1. The van der Waals surface area contributed by atoms with Crippen LogP contribution in [0.2, 0.25) is 0 Å². The smallest absolute Gasteiger partial charge is 0.253 e. The first-order chi connectivity index (χ1) is 16.0. The van der Waals surface area contributed by atoms with Crippen LogP contribution in [-0.4, -0.2) is 76.1 Å². The van der Waals surface area contributed by atoms with Crippen molar-refractivity contribution in [3.05, 3.63) is 35.4 Å². The number of Topliss-reactive ketones (excluding diaryl/α,β-unsaturated/α-hetero) is 1. The van der Waals surface area contributed by atoms with Crippen molar-refractivity contribution in [1.29, 1.82) is 0 Å². The Hall–Kier alpha value is -1.76. The van der Waals surface area contributed by atoms with Gasteiger partial charge in [-0.2, -0.15) is 0 Å². The van der Waals surface area contributed by atoms with Crippen molar-refractivity contribution >= 4 is 11.7 Å². The number of ketones is 1. The van der Waals surface area contributed by atoms with Crippen LogP contribution in [-0.2, 0) is 4.79 Å². The van der Waals surface area contributed by atoms with Crippen LogP contribution in [0.3, 0.4) is 0 Å². The summed E-state index contributed by atoms with van der Waals surface area (Å²) in [5.41, 5.74) is 2.07. The topological polar surface area (TPSA) is 81.1 Å². The van der Waals surface area contributed by atoms with E-state index >= 15 is 0 Å². The molecule has 3 aliphatic rings. The summed E-state index contributed by atoms with van der Waals surface area (Å²) in [4.78, 5) is 29.0. The lowest BCUT2D eigenvalue weighted by Crippen LogP contribution is -2.50. The third-order valence-electron chi connectivity index (χ3n) is 8.25. The number of hydrogen-bond acceptors (Lipinski definition) is 5. The summed E-state index contributed by atoms with van der Waals surface area (Å²) >= 11 is 0. The van der Waals surface area contributed by atoms with Gasteiger partial charge in [-0.3, -0.25) is 14.5 Å². The summed E-state index contributed by atoms with van der Waals surface area (Å²) in [6.07, 6.45) is 9.25. The number of carbonyl (C=O) groups is 2. The molecule has 4 rings (SSSR count). The fourth-order valence-corrected chi connectivity index (χ4v) is 6.42. The number of nitrogens with zero attached hydrogens (tertiary/aromatic N) is 2. The summed E-state index contributed by atoms with van der Waals surface area (Å²) in [5.74, 6) is 0.773. The molecular weight excluding hydrogens is 416 g/mol. The fourth-order valence-electron chi connectivity index (χ4n) is 6.42. The van der Waals surface area contributed by atoms with Crippen molar-refractivity contribution in [2.45, 2.75) is 88.8 Å². The molecule has 0 spiro atoms. The van der Waals surface area contributed by atoms with E-state index in [-0.39, 0.29) is 11.7 Å². The second-order valence-corrected chi connectivity index (χ2v) is 10.5. The van der Waals surface area contributed by atoms with Gasteiger partial charge in [0.15, 0.2) is 11.9 Å². The van der Waals surface area contributed by atoms with Crippen LogP contribution in [0.5, 0.6) is 0 Å². The monoisotopic (exact) mass is 456 g/mol. The molecule has 0 aromatic heterocycles. The Morgan fingerprint density at radius 1 is 1.09 bits per heavy atom. The lowest BCUT2D eigenvalue weighted by atomic mass is 9.84. The van der Waals surface area contributed by atoms with Gasteiger partial charge in [-0.05, 0) is 68.9 Å².